The van der Waals surface area contributed by atoms with Crippen LogP contribution in [-0.2, 0) is 33.3 Å². The third kappa shape index (κ3) is 56.8. The van der Waals surface area contributed by atoms with E-state index in [1.165, 1.54) is 180 Å². The second-order valence-corrected chi connectivity index (χ2v) is 22.0. The second kappa shape index (κ2) is 55.5. The minimum atomic E-state index is -1.63. The van der Waals surface area contributed by atoms with E-state index < -0.39 is 24.3 Å². The molecule has 9 nitrogen and oxygen atoms in total. The highest BCUT2D eigenvalue weighted by atomic mass is 16.7. The molecular weight excluding hydrogens is 911 g/mol. The number of carbonyl (C=O) groups is 3. The number of likely N-dealkylation sites (N-methyl/N-ethyl adjacent to an activating group) is 1. The zero-order valence-corrected chi connectivity index (χ0v) is 48.5. The fourth-order valence-electron chi connectivity index (χ4n) is 8.84. The Hall–Kier alpha value is -2.75. The zero-order chi connectivity index (χ0) is 53.4. The number of esters is 2. The Morgan fingerprint density at radius 2 is 0.781 bits per heavy atom. The highest BCUT2D eigenvalue weighted by Crippen LogP contribution is 2.17. The Bertz CT molecular complexity index is 1340. The zero-order valence-electron chi connectivity index (χ0n) is 48.5. The third-order valence-corrected chi connectivity index (χ3v) is 13.6. The SMILES string of the molecule is CC/C=C\C/C=C\C/C=C\CCCCCCCC(=O)OC(COC(=O)CCCCCCCCCCCCCCCCCCCCCCC/C=C\CCCCCCCCCC)COC(OCC[N+](C)(C)C)C(=O)[O-]. The number of carboxylic acid groups (broad SMARTS) is 1. The Morgan fingerprint density at radius 3 is 1.18 bits per heavy atom. The smallest absolute Gasteiger partial charge is 0.306 e. The lowest BCUT2D eigenvalue weighted by atomic mass is 10.0. The van der Waals surface area contributed by atoms with Gasteiger partial charge >= 0.3 is 11.9 Å². The molecule has 0 aromatic carbocycles. The molecule has 0 aliphatic rings. The summed E-state index contributed by atoms with van der Waals surface area (Å²) in [7, 11) is 5.92. The van der Waals surface area contributed by atoms with Gasteiger partial charge in [0.1, 0.15) is 13.2 Å². The van der Waals surface area contributed by atoms with Crippen molar-refractivity contribution in [2.75, 3.05) is 47.5 Å². The topological polar surface area (TPSA) is 111 Å². The lowest BCUT2D eigenvalue weighted by molar-refractivity contribution is -0.870. The molecule has 0 aromatic rings. The van der Waals surface area contributed by atoms with E-state index in [4.69, 9.17) is 18.9 Å². The van der Waals surface area contributed by atoms with Gasteiger partial charge in [0.25, 0.3) is 0 Å². The summed E-state index contributed by atoms with van der Waals surface area (Å²) in [6.07, 6.45) is 66.2. The molecule has 0 N–H and O–H groups in total. The second-order valence-electron chi connectivity index (χ2n) is 22.0. The molecule has 0 bridgehead atoms. The molecule has 2 unspecified atom stereocenters. The summed E-state index contributed by atoms with van der Waals surface area (Å²) in [5.74, 6) is -2.30. The first kappa shape index (κ1) is 70.2. The van der Waals surface area contributed by atoms with Crippen molar-refractivity contribution >= 4 is 17.9 Å². The number of hydrogen-bond acceptors (Lipinski definition) is 8. The van der Waals surface area contributed by atoms with Gasteiger partial charge < -0.3 is 33.3 Å². The first-order valence-electron chi connectivity index (χ1n) is 30.8. The first-order valence-corrected chi connectivity index (χ1v) is 30.8. The van der Waals surface area contributed by atoms with Gasteiger partial charge in [-0.2, -0.15) is 0 Å². The molecule has 426 valence electrons. The maximum atomic E-state index is 12.8. The molecule has 9 heteroatoms. The molecule has 2 atom stereocenters. The lowest BCUT2D eigenvalue weighted by Crippen LogP contribution is -2.44. The van der Waals surface area contributed by atoms with Crippen molar-refractivity contribution < 1.29 is 42.9 Å². The summed E-state index contributed by atoms with van der Waals surface area (Å²) >= 11 is 0. The highest BCUT2D eigenvalue weighted by molar-refractivity contribution is 5.70. The molecule has 0 spiro atoms. The van der Waals surface area contributed by atoms with Gasteiger partial charge in [-0.05, 0) is 70.6 Å². The van der Waals surface area contributed by atoms with Gasteiger partial charge in [0.2, 0.25) is 0 Å². The molecule has 0 fully saturated rings. The van der Waals surface area contributed by atoms with Crippen LogP contribution in [0.5, 0.6) is 0 Å². The minimum Gasteiger partial charge on any atom is -0.545 e. The average molecular weight is 1030 g/mol. The molecule has 0 amide bonds. The van der Waals surface area contributed by atoms with E-state index in [0.29, 0.717) is 23.9 Å². The van der Waals surface area contributed by atoms with E-state index in [-0.39, 0.29) is 32.2 Å². The van der Waals surface area contributed by atoms with Crippen LogP contribution in [0.15, 0.2) is 48.6 Å². The van der Waals surface area contributed by atoms with Gasteiger partial charge in [0, 0.05) is 12.8 Å². The van der Waals surface area contributed by atoms with Crippen molar-refractivity contribution in [2.24, 2.45) is 0 Å². The fraction of sp³-hybridized carbons (Fsp3) is 0.828. The molecular formula is C64H117NO8. The molecule has 0 saturated carbocycles. The van der Waals surface area contributed by atoms with Crippen molar-refractivity contribution in [1.82, 2.24) is 0 Å². The van der Waals surface area contributed by atoms with E-state index in [1.807, 2.05) is 21.1 Å². The lowest BCUT2D eigenvalue weighted by Gasteiger charge is -2.26. The summed E-state index contributed by atoms with van der Waals surface area (Å²) in [6, 6.07) is 0. The Balaban J connectivity index is 4.04. The van der Waals surface area contributed by atoms with Crippen LogP contribution in [-0.4, -0.2) is 82.3 Å². The molecule has 0 radical (unpaired) electrons. The van der Waals surface area contributed by atoms with Crippen molar-refractivity contribution in [1.29, 1.82) is 0 Å². The van der Waals surface area contributed by atoms with Crippen molar-refractivity contribution in [3.05, 3.63) is 48.6 Å². The predicted octanol–water partition coefficient (Wildman–Crippen LogP) is 16.9. The van der Waals surface area contributed by atoms with Crippen LogP contribution in [0.3, 0.4) is 0 Å². The van der Waals surface area contributed by atoms with Gasteiger partial charge in [-0.15, -0.1) is 0 Å². The number of nitrogens with zero attached hydrogens (tertiary/aromatic N) is 1. The largest absolute Gasteiger partial charge is 0.545 e. The number of quaternary nitrogens is 1. The van der Waals surface area contributed by atoms with Crippen LogP contribution in [0.25, 0.3) is 0 Å². The fourth-order valence-corrected chi connectivity index (χ4v) is 8.84. The normalized spacial score (nSPS) is 13.1. The number of carboxylic acids is 1. The quantitative estimate of drug-likeness (QED) is 0.0195. The Labute approximate surface area is 451 Å². The van der Waals surface area contributed by atoms with Crippen molar-refractivity contribution in [3.63, 3.8) is 0 Å². The van der Waals surface area contributed by atoms with E-state index in [1.54, 1.807) is 0 Å². The molecule has 0 heterocycles. The maximum absolute atomic E-state index is 12.8. The summed E-state index contributed by atoms with van der Waals surface area (Å²) in [5.41, 5.74) is 0. The molecule has 0 aliphatic carbocycles. The number of unbranched alkanes of at least 4 members (excludes halogenated alkanes) is 34. The van der Waals surface area contributed by atoms with Crippen LogP contribution in [0.2, 0.25) is 0 Å². The number of carbonyl (C=O) groups excluding carboxylic acids is 3. The van der Waals surface area contributed by atoms with Crippen LogP contribution in [0, 0.1) is 0 Å². The number of allylic oxidation sites excluding steroid dienone is 8. The van der Waals surface area contributed by atoms with Crippen LogP contribution < -0.4 is 5.11 Å². The van der Waals surface area contributed by atoms with Gasteiger partial charge in [0.05, 0.1) is 40.3 Å². The maximum Gasteiger partial charge on any atom is 0.306 e. The van der Waals surface area contributed by atoms with Crippen LogP contribution in [0.1, 0.15) is 284 Å². The molecule has 0 rings (SSSR count). The summed E-state index contributed by atoms with van der Waals surface area (Å²) in [6.45, 7) is 4.64. The monoisotopic (exact) mass is 1030 g/mol. The Kier molecular flexibility index (Phi) is 53.4. The summed E-state index contributed by atoms with van der Waals surface area (Å²) in [4.78, 5) is 37.2. The van der Waals surface area contributed by atoms with Crippen LogP contribution in [0.4, 0.5) is 0 Å². The minimum absolute atomic E-state index is 0.144. The number of rotatable bonds is 57. The summed E-state index contributed by atoms with van der Waals surface area (Å²) < 4.78 is 22.7. The van der Waals surface area contributed by atoms with Gasteiger partial charge in [-0.25, -0.2) is 0 Å². The highest BCUT2D eigenvalue weighted by Gasteiger charge is 2.22. The average Bonchev–Trinajstić information content (AvgIpc) is 3.36. The van der Waals surface area contributed by atoms with E-state index in [2.05, 4.69) is 62.5 Å². The molecule has 0 saturated heterocycles. The molecule has 73 heavy (non-hydrogen) atoms. The molecule has 0 aromatic heterocycles. The Morgan fingerprint density at radius 1 is 0.425 bits per heavy atom. The van der Waals surface area contributed by atoms with Crippen molar-refractivity contribution in [2.45, 2.75) is 296 Å². The first-order chi connectivity index (χ1) is 35.6. The number of hydrogen-bond donors (Lipinski definition) is 0. The molecule has 0 aliphatic heterocycles. The van der Waals surface area contributed by atoms with Gasteiger partial charge in [-0.3, -0.25) is 9.59 Å². The van der Waals surface area contributed by atoms with E-state index in [9.17, 15) is 19.5 Å². The van der Waals surface area contributed by atoms with Gasteiger partial charge in [-0.1, -0.05) is 249 Å². The number of ether oxygens (including phenoxy) is 4. The van der Waals surface area contributed by atoms with E-state index in [0.717, 1.165) is 70.6 Å². The predicted molar refractivity (Wildman–Crippen MR) is 306 cm³/mol. The summed E-state index contributed by atoms with van der Waals surface area (Å²) in [5, 5.41) is 11.8. The van der Waals surface area contributed by atoms with E-state index >= 15 is 0 Å². The van der Waals surface area contributed by atoms with Gasteiger partial charge in [0.15, 0.2) is 12.4 Å². The third-order valence-electron chi connectivity index (χ3n) is 13.6. The standard InChI is InChI=1S/C64H117NO8/c1-6-8-10-12-14-16-18-20-22-23-24-25-26-27-28-29-30-31-32-33-34-35-36-37-38-39-41-42-44-46-48-50-52-54-61(66)71-58-60(59-72-64(63(68)69)70-57-56-65(3,4)5)73-62(67)55-53-51-49-47-45-43-40-21-19-17-15-13-11-9-7-2/h9,11,15,17,21,23-24,40,60,64H,6-8,10,12-14,16,18-20,22,25-39,41-59H2,1-5H3/b11-9-,17-15-,24-23-,40-21-. The van der Waals surface area contributed by atoms with Crippen LogP contribution >= 0.6 is 0 Å². The number of aliphatic carboxylic acids is 1. The van der Waals surface area contributed by atoms with Crippen molar-refractivity contribution in [3.8, 4) is 0 Å².